The summed E-state index contributed by atoms with van der Waals surface area (Å²) in [5.41, 5.74) is 3.20. The molecule has 0 atom stereocenters. The van der Waals surface area contributed by atoms with E-state index in [1.165, 1.54) is 0 Å². The number of nitrogens with zero attached hydrogens (tertiary/aromatic N) is 5. The van der Waals surface area contributed by atoms with Crippen LogP contribution in [0.2, 0.25) is 0 Å². The molecular weight excluding hydrogens is 204 g/mol. The molecule has 86 valence electrons. The molecule has 0 aliphatic carbocycles. The summed E-state index contributed by atoms with van der Waals surface area (Å²) in [5.74, 6) is 0. The van der Waals surface area contributed by atoms with Gasteiger partial charge in [0.15, 0.2) is 0 Å². The molecule has 0 radical (unpaired) electrons. The number of hydrogen-bond acceptors (Lipinski definition) is 4. The van der Waals surface area contributed by atoms with Crippen molar-refractivity contribution in [3.63, 3.8) is 0 Å². The number of aryl methyl sites for hydroxylation is 3. The first-order chi connectivity index (χ1) is 7.70. The van der Waals surface area contributed by atoms with Crippen LogP contribution in [-0.2, 0) is 27.1 Å². The fraction of sp³-hybridized carbons (Fsp3) is 0.500. The monoisotopic (exact) mass is 220 g/mol. The van der Waals surface area contributed by atoms with Crippen molar-refractivity contribution in [3.8, 4) is 0 Å². The van der Waals surface area contributed by atoms with Crippen LogP contribution in [0, 0.1) is 0 Å². The predicted molar refractivity (Wildman–Crippen MR) is 60.9 cm³/mol. The number of aromatic nitrogens is 5. The van der Waals surface area contributed by atoms with Gasteiger partial charge in [-0.15, -0.1) is 5.10 Å². The Morgan fingerprint density at radius 2 is 2.19 bits per heavy atom. The van der Waals surface area contributed by atoms with Gasteiger partial charge in [0.1, 0.15) is 0 Å². The Bertz CT molecular complexity index is 469. The number of nitrogens with one attached hydrogen (secondary N) is 1. The van der Waals surface area contributed by atoms with Gasteiger partial charge in [0.05, 0.1) is 29.8 Å². The molecule has 0 amide bonds. The van der Waals surface area contributed by atoms with E-state index in [9.17, 15) is 0 Å². The van der Waals surface area contributed by atoms with Crippen molar-refractivity contribution in [1.29, 1.82) is 0 Å². The van der Waals surface area contributed by atoms with Crippen molar-refractivity contribution in [2.75, 3.05) is 5.32 Å². The van der Waals surface area contributed by atoms with Gasteiger partial charge in [-0.25, -0.2) is 0 Å². The molecule has 0 aliphatic heterocycles. The second-order valence-electron chi connectivity index (χ2n) is 3.72. The van der Waals surface area contributed by atoms with Gasteiger partial charge in [-0.05, 0) is 6.42 Å². The van der Waals surface area contributed by atoms with Crippen molar-refractivity contribution in [2.24, 2.45) is 14.1 Å². The number of hydrogen-bond donors (Lipinski definition) is 1. The lowest BCUT2D eigenvalue weighted by atomic mass is 10.3. The Morgan fingerprint density at radius 1 is 1.38 bits per heavy atom. The fourth-order valence-corrected chi connectivity index (χ4v) is 1.60. The lowest BCUT2D eigenvalue weighted by molar-refractivity contribution is 0.683. The van der Waals surface area contributed by atoms with E-state index in [0.29, 0.717) is 6.54 Å². The van der Waals surface area contributed by atoms with E-state index in [2.05, 4.69) is 27.7 Å². The molecule has 0 saturated carbocycles. The van der Waals surface area contributed by atoms with Gasteiger partial charge >= 0.3 is 0 Å². The zero-order chi connectivity index (χ0) is 11.5. The van der Waals surface area contributed by atoms with E-state index in [1.54, 1.807) is 10.9 Å². The van der Waals surface area contributed by atoms with Crippen molar-refractivity contribution >= 4 is 5.69 Å². The van der Waals surface area contributed by atoms with Crippen LogP contribution in [0.5, 0.6) is 0 Å². The van der Waals surface area contributed by atoms with Crippen molar-refractivity contribution in [1.82, 2.24) is 24.8 Å². The molecule has 0 bridgehead atoms. The summed E-state index contributed by atoms with van der Waals surface area (Å²) in [5, 5.41) is 15.4. The normalized spacial score (nSPS) is 10.7. The lowest BCUT2D eigenvalue weighted by Gasteiger charge is -2.04. The van der Waals surface area contributed by atoms with Crippen LogP contribution in [0.3, 0.4) is 0 Å². The lowest BCUT2D eigenvalue weighted by Crippen LogP contribution is -2.06. The smallest absolute Gasteiger partial charge is 0.0853 e. The minimum atomic E-state index is 0.711. The van der Waals surface area contributed by atoms with Crippen LogP contribution in [-0.4, -0.2) is 24.8 Å². The standard InChI is InChI=1S/C10H16N6/c1-4-9-10(7-15(2)13-9)11-5-8-6-12-14-16(8)3/h6-7,11H,4-5H2,1-3H3. The third-order valence-corrected chi connectivity index (χ3v) is 2.51. The summed E-state index contributed by atoms with van der Waals surface area (Å²) in [6, 6.07) is 0. The van der Waals surface area contributed by atoms with Gasteiger partial charge in [-0.1, -0.05) is 12.1 Å². The zero-order valence-corrected chi connectivity index (χ0v) is 9.80. The highest BCUT2D eigenvalue weighted by Gasteiger charge is 2.06. The molecule has 2 aromatic heterocycles. The highest BCUT2D eigenvalue weighted by Crippen LogP contribution is 2.14. The first-order valence-electron chi connectivity index (χ1n) is 5.30. The van der Waals surface area contributed by atoms with E-state index in [0.717, 1.165) is 23.5 Å². The highest BCUT2D eigenvalue weighted by atomic mass is 15.4. The van der Waals surface area contributed by atoms with E-state index < -0.39 is 0 Å². The van der Waals surface area contributed by atoms with Crippen LogP contribution in [0.25, 0.3) is 0 Å². The van der Waals surface area contributed by atoms with Gasteiger partial charge in [0.2, 0.25) is 0 Å². The molecule has 16 heavy (non-hydrogen) atoms. The van der Waals surface area contributed by atoms with Gasteiger partial charge in [-0.2, -0.15) is 5.10 Å². The summed E-state index contributed by atoms with van der Waals surface area (Å²) in [6.45, 7) is 2.81. The van der Waals surface area contributed by atoms with Crippen LogP contribution >= 0.6 is 0 Å². The SMILES string of the molecule is CCc1nn(C)cc1NCc1cnnn1C. The molecule has 1 N–H and O–H groups in total. The first-order valence-corrected chi connectivity index (χ1v) is 5.30. The third-order valence-electron chi connectivity index (χ3n) is 2.51. The Morgan fingerprint density at radius 3 is 2.81 bits per heavy atom. The largest absolute Gasteiger partial charge is 0.377 e. The summed E-state index contributed by atoms with van der Waals surface area (Å²) < 4.78 is 3.58. The molecule has 0 spiro atoms. The molecule has 2 heterocycles. The maximum atomic E-state index is 4.37. The van der Waals surface area contributed by atoms with E-state index in [-0.39, 0.29) is 0 Å². The summed E-state index contributed by atoms with van der Waals surface area (Å²) in [4.78, 5) is 0. The molecule has 0 unspecified atom stereocenters. The van der Waals surface area contributed by atoms with Crippen molar-refractivity contribution < 1.29 is 0 Å². The van der Waals surface area contributed by atoms with Crippen molar-refractivity contribution in [2.45, 2.75) is 19.9 Å². The first kappa shape index (κ1) is 10.7. The molecule has 0 saturated heterocycles. The molecule has 0 aromatic carbocycles. The van der Waals surface area contributed by atoms with Gasteiger partial charge in [0.25, 0.3) is 0 Å². The van der Waals surface area contributed by atoms with Crippen LogP contribution in [0.15, 0.2) is 12.4 Å². The Labute approximate surface area is 94.3 Å². The summed E-state index contributed by atoms with van der Waals surface area (Å²) in [6.07, 6.45) is 4.67. The zero-order valence-electron chi connectivity index (χ0n) is 9.80. The molecule has 2 rings (SSSR count). The topological polar surface area (TPSA) is 60.6 Å². The van der Waals surface area contributed by atoms with E-state index in [1.807, 2.05) is 25.0 Å². The van der Waals surface area contributed by atoms with Crippen LogP contribution < -0.4 is 5.32 Å². The average Bonchev–Trinajstić information content (AvgIpc) is 2.81. The Hall–Kier alpha value is -1.85. The van der Waals surface area contributed by atoms with E-state index >= 15 is 0 Å². The Kier molecular flexibility index (Phi) is 2.89. The summed E-state index contributed by atoms with van der Waals surface area (Å²) in [7, 11) is 3.81. The maximum absolute atomic E-state index is 4.37. The van der Waals surface area contributed by atoms with Crippen LogP contribution in [0.4, 0.5) is 5.69 Å². The molecule has 2 aromatic rings. The van der Waals surface area contributed by atoms with Crippen LogP contribution in [0.1, 0.15) is 18.3 Å². The van der Waals surface area contributed by atoms with Crippen molar-refractivity contribution in [3.05, 3.63) is 23.8 Å². The number of rotatable bonds is 4. The predicted octanol–water partition coefficient (Wildman–Crippen LogP) is 0.723. The molecule has 0 aliphatic rings. The fourth-order valence-electron chi connectivity index (χ4n) is 1.60. The molecule has 0 fully saturated rings. The minimum Gasteiger partial charge on any atom is -0.377 e. The quantitative estimate of drug-likeness (QED) is 0.825. The average molecular weight is 220 g/mol. The maximum Gasteiger partial charge on any atom is 0.0853 e. The Balaban J connectivity index is 2.07. The molecular formula is C10H16N6. The van der Waals surface area contributed by atoms with Gasteiger partial charge in [0, 0.05) is 20.3 Å². The highest BCUT2D eigenvalue weighted by molar-refractivity contribution is 5.46. The molecule has 6 nitrogen and oxygen atoms in total. The van der Waals surface area contributed by atoms with Gasteiger partial charge < -0.3 is 5.32 Å². The second-order valence-corrected chi connectivity index (χ2v) is 3.72. The van der Waals surface area contributed by atoms with Gasteiger partial charge in [-0.3, -0.25) is 9.36 Å². The third kappa shape index (κ3) is 2.05. The van der Waals surface area contributed by atoms with E-state index in [4.69, 9.17) is 0 Å². The number of anilines is 1. The molecule has 6 heteroatoms. The summed E-state index contributed by atoms with van der Waals surface area (Å²) >= 11 is 0. The minimum absolute atomic E-state index is 0.711. The second kappa shape index (κ2) is 4.34.